The number of hydrazine groups is 1. The van der Waals surface area contributed by atoms with Crippen LogP contribution in [0.25, 0.3) is 0 Å². The highest BCUT2D eigenvalue weighted by Gasteiger charge is 2.18. The Morgan fingerprint density at radius 2 is 2.18 bits per heavy atom. The number of aryl methyl sites for hydroxylation is 2. The Morgan fingerprint density at radius 3 is 2.76 bits per heavy atom. The van der Waals surface area contributed by atoms with Crippen molar-refractivity contribution in [1.29, 1.82) is 0 Å². The zero-order chi connectivity index (χ0) is 12.4. The molecule has 0 radical (unpaired) electrons. The molecule has 0 aliphatic carbocycles. The first-order valence-electron chi connectivity index (χ1n) is 5.34. The maximum atomic E-state index is 5.64. The van der Waals surface area contributed by atoms with Crippen LogP contribution >= 0.6 is 15.9 Å². The van der Waals surface area contributed by atoms with Gasteiger partial charge in [-0.3, -0.25) is 10.5 Å². The van der Waals surface area contributed by atoms with Crippen molar-refractivity contribution in [2.45, 2.75) is 13.0 Å². The van der Waals surface area contributed by atoms with Crippen LogP contribution in [0.2, 0.25) is 0 Å². The summed E-state index contributed by atoms with van der Waals surface area (Å²) in [5.41, 5.74) is 5.98. The molecule has 0 saturated heterocycles. The van der Waals surface area contributed by atoms with Gasteiger partial charge in [-0.05, 0) is 24.1 Å². The van der Waals surface area contributed by atoms with Crippen LogP contribution in [0.1, 0.15) is 22.9 Å². The summed E-state index contributed by atoms with van der Waals surface area (Å²) in [5.74, 6) is 5.64. The van der Waals surface area contributed by atoms with Crippen LogP contribution in [0.3, 0.4) is 0 Å². The fourth-order valence-corrected chi connectivity index (χ4v) is 2.31. The molecule has 0 saturated carbocycles. The summed E-state index contributed by atoms with van der Waals surface area (Å²) in [4.78, 5) is 0. The SMILES string of the molecule is Cc1cccc(C(NN)c2ccn(C)n2)c1Br. The Hall–Kier alpha value is -1.17. The predicted molar refractivity (Wildman–Crippen MR) is 71.3 cm³/mol. The summed E-state index contributed by atoms with van der Waals surface area (Å²) in [6.45, 7) is 2.06. The summed E-state index contributed by atoms with van der Waals surface area (Å²) < 4.78 is 2.83. The monoisotopic (exact) mass is 294 g/mol. The average molecular weight is 295 g/mol. The fraction of sp³-hybridized carbons (Fsp3) is 0.250. The van der Waals surface area contributed by atoms with Gasteiger partial charge in [0.25, 0.3) is 0 Å². The van der Waals surface area contributed by atoms with Crippen molar-refractivity contribution in [1.82, 2.24) is 15.2 Å². The Labute approximate surface area is 109 Å². The van der Waals surface area contributed by atoms with E-state index in [4.69, 9.17) is 5.84 Å². The first-order chi connectivity index (χ1) is 8.13. The van der Waals surface area contributed by atoms with E-state index in [1.165, 1.54) is 5.56 Å². The van der Waals surface area contributed by atoms with Crippen molar-refractivity contribution in [3.8, 4) is 0 Å². The Morgan fingerprint density at radius 1 is 1.41 bits per heavy atom. The molecule has 1 aromatic heterocycles. The van der Waals surface area contributed by atoms with E-state index in [0.29, 0.717) is 0 Å². The second-order valence-electron chi connectivity index (χ2n) is 3.99. The lowest BCUT2D eigenvalue weighted by atomic mass is 10.0. The van der Waals surface area contributed by atoms with Crippen molar-refractivity contribution in [3.63, 3.8) is 0 Å². The zero-order valence-corrected chi connectivity index (χ0v) is 11.4. The molecular formula is C12H15BrN4. The molecule has 1 heterocycles. The number of aromatic nitrogens is 2. The molecule has 0 aliphatic heterocycles. The van der Waals surface area contributed by atoms with Gasteiger partial charge in [0.05, 0.1) is 11.7 Å². The van der Waals surface area contributed by atoms with Gasteiger partial charge in [-0.1, -0.05) is 34.1 Å². The number of hydrogen-bond acceptors (Lipinski definition) is 3. The Bertz CT molecular complexity index is 521. The molecule has 90 valence electrons. The summed E-state index contributed by atoms with van der Waals surface area (Å²) in [7, 11) is 1.89. The number of nitrogens with one attached hydrogen (secondary N) is 1. The summed E-state index contributed by atoms with van der Waals surface area (Å²) in [6, 6.07) is 7.96. The third-order valence-electron chi connectivity index (χ3n) is 2.73. The number of hydrogen-bond donors (Lipinski definition) is 2. The van der Waals surface area contributed by atoms with E-state index >= 15 is 0 Å². The van der Waals surface area contributed by atoms with Crippen LogP contribution < -0.4 is 11.3 Å². The van der Waals surface area contributed by atoms with Gasteiger partial charge in [0.1, 0.15) is 0 Å². The van der Waals surface area contributed by atoms with Crippen LogP contribution in [-0.2, 0) is 7.05 Å². The standard InChI is InChI=1S/C12H15BrN4/c1-8-4-3-5-9(11(8)13)12(15-14)10-6-7-17(2)16-10/h3-7,12,15H,14H2,1-2H3. The van der Waals surface area contributed by atoms with E-state index in [2.05, 4.69) is 39.4 Å². The lowest BCUT2D eigenvalue weighted by molar-refractivity contribution is 0.601. The van der Waals surface area contributed by atoms with Gasteiger partial charge < -0.3 is 0 Å². The molecule has 2 rings (SSSR count). The first-order valence-corrected chi connectivity index (χ1v) is 6.13. The molecule has 1 atom stereocenters. The van der Waals surface area contributed by atoms with E-state index in [1.54, 1.807) is 4.68 Å². The minimum absolute atomic E-state index is 0.106. The van der Waals surface area contributed by atoms with Gasteiger partial charge in [0.2, 0.25) is 0 Å². The van der Waals surface area contributed by atoms with Crippen LogP contribution in [0.15, 0.2) is 34.9 Å². The lowest BCUT2D eigenvalue weighted by Crippen LogP contribution is -2.29. The van der Waals surface area contributed by atoms with Gasteiger partial charge in [0.15, 0.2) is 0 Å². The second kappa shape index (κ2) is 5.00. The molecule has 0 aliphatic rings. The van der Waals surface area contributed by atoms with Crippen molar-refractivity contribution in [2.75, 3.05) is 0 Å². The lowest BCUT2D eigenvalue weighted by Gasteiger charge is -2.16. The van der Waals surface area contributed by atoms with E-state index in [1.807, 2.05) is 31.4 Å². The maximum Gasteiger partial charge on any atom is 0.0910 e. The third-order valence-corrected chi connectivity index (χ3v) is 3.81. The summed E-state index contributed by atoms with van der Waals surface area (Å²) >= 11 is 3.60. The van der Waals surface area contributed by atoms with Gasteiger partial charge >= 0.3 is 0 Å². The number of rotatable bonds is 3. The smallest absolute Gasteiger partial charge is 0.0910 e. The molecule has 2 aromatic rings. The Balaban J connectivity index is 2.45. The Kier molecular flexibility index (Phi) is 3.61. The molecule has 1 unspecified atom stereocenters. The van der Waals surface area contributed by atoms with Gasteiger partial charge in [-0.2, -0.15) is 5.10 Å². The van der Waals surface area contributed by atoms with E-state index in [0.717, 1.165) is 15.7 Å². The van der Waals surface area contributed by atoms with E-state index in [-0.39, 0.29) is 6.04 Å². The summed E-state index contributed by atoms with van der Waals surface area (Å²) in [5, 5.41) is 4.38. The number of nitrogens with zero attached hydrogens (tertiary/aromatic N) is 2. The molecule has 1 aromatic carbocycles. The third kappa shape index (κ3) is 2.41. The molecule has 5 heteroatoms. The molecule has 0 bridgehead atoms. The second-order valence-corrected chi connectivity index (χ2v) is 4.79. The quantitative estimate of drug-likeness (QED) is 0.673. The van der Waals surface area contributed by atoms with Gasteiger partial charge in [-0.25, -0.2) is 5.43 Å². The first kappa shape index (κ1) is 12.3. The molecule has 0 amide bonds. The molecule has 0 fully saturated rings. The van der Waals surface area contributed by atoms with Crippen molar-refractivity contribution in [2.24, 2.45) is 12.9 Å². The normalized spacial score (nSPS) is 12.7. The zero-order valence-electron chi connectivity index (χ0n) is 9.81. The fourth-order valence-electron chi connectivity index (χ4n) is 1.81. The summed E-state index contributed by atoms with van der Waals surface area (Å²) in [6.07, 6.45) is 1.91. The molecule has 3 N–H and O–H groups in total. The minimum Gasteiger partial charge on any atom is -0.275 e. The number of halogens is 1. The minimum atomic E-state index is -0.106. The van der Waals surface area contributed by atoms with Crippen molar-refractivity contribution >= 4 is 15.9 Å². The number of nitrogens with two attached hydrogens (primary N) is 1. The molecule has 4 nitrogen and oxygen atoms in total. The highest BCUT2D eigenvalue weighted by molar-refractivity contribution is 9.10. The molecular weight excluding hydrogens is 280 g/mol. The topological polar surface area (TPSA) is 55.9 Å². The van der Waals surface area contributed by atoms with Crippen LogP contribution in [0.4, 0.5) is 0 Å². The maximum absolute atomic E-state index is 5.64. The van der Waals surface area contributed by atoms with Crippen LogP contribution in [0.5, 0.6) is 0 Å². The highest BCUT2D eigenvalue weighted by atomic mass is 79.9. The van der Waals surface area contributed by atoms with Gasteiger partial charge in [0, 0.05) is 17.7 Å². The molecule has 17 heavy (non-hydrogen) atoms. The predicted octanol–water partition coefficient (Wildman–Crippen LogP) is 2.04. The van der Waals surface area contributed by atoms with Gasteiger partial charge in [-0.15, -0.1) is 0 Å². The van der Waals surface area contributed by atoms with Crippen molar-refractivity contribution < 1.29 is 0 Å². The highest BCUT2D eigenvalue weighted by Crippen LogP contribution is 2.29. The van der Waals surface area contributed by atoms with Crippen LogP contribution in [-0.4, -0.2) is 9.78 Å². The number of benzene rings is 1. The van der Waals surface area contributed by atoms with E-state index < -0.39 is 0 Å². The van der Waals surface area contributed by atoms with E-state index in [9.17, 15) is 0 Å². The van der Waals surface area contributed by atoms with Crippen LogP contribution in [0, 0.1) is 6.92 Å². The average Bonchev–Trinajstić information content (AvgIpc) is 2.72. The molecule has 0 spiro atoms. The van der Waals surface area contributed by atoms with Crippen molar-refractivity contribution in [3.05, 3.63) is 51.8 Å². The largest absolute Gasteiger partial charge is 0.275 e.